The van der Waals surface area contributed by atoms with Gasteiger partial charge in [0.2, 0.25) is 0 Å². The lowest BCUT2D eigenvalue weighted by molar-refractivity contribution is 0.146. The Balaban J connectivity index is 2.96. The number of aromatic nitrogens is 1. The van der Waals surface area contributed by atoms with E-state index in [0.717, 1.165) is 5.56 Å². The van der Waals surface area contributed by atoms with Crippen molar-refractivity contribution in [2.45, 2.75) is 18.6 Å². The van der Waals surface area contributed by atoms with E-state index >= 15 is 0 Å². The smallest absolute Gasteiger partial charge is 0.255 e. The first-order chi connectivity index (χ1) is 5.61. The van der Waals surface area contributed by atoms with Crippen molar-refractivity contribution < 1.29 is 8.78 Å². The Morgan fingerprint density at radius 3 is 2.67 bits per heavy atom. The van der Waals surface area contributed by atoms with Gasteiger partial charge in [-0.2, -0.15) is 12.6 Å². The highest BCUT2D eigenvalue weighted by atomic mass is 32.1. The second-order valence-electron chi connectivity index (χ2n) is 2.49. The number of pyridine rings is 1. The summed E-state index contributed by atoms with van der Waals surface area (Å²) in [6.07, 6.45) is -1.12. The molecule has 0 aromatic carbocycles. The molecule has 0 N–H and O–H groups in total. The van der Waals surface area contributed by atoms with Crippen LogP contribution in [0.5, 0.6) is 0 Å². The van der Waals surface area contributed by atoms with Crippen molar-refractivity contribution in [3.63, 3.8) is 0 Å². The Labute approximate surface area is 75.2 Å². The number of hydrogen-bond donors (Lipinski definition) is 1. The highest BCUT2D eigenvalue weighted by Gasteiger charge is 2.09. The highest BCUT2D eigenvalue weighted by Crippen LogP contribution is 2.22. The molecule has 12 heavy (non-hydrogen) atoms. The number of alkyl halides is 2. The Bertz CT molecular complexity index is 240. The molecule has 0 saturated heterocycles. The molecule has 0 bridgehead atoms. The molecule has 66 valence electrons. The fourth-order valence-corrected chi connectivity index (χ4v) is 1.01. The van der Waals surface area contributed by atoms with Crippen molar-refractivity contribution in [1.29, 1.82) is 0 Å². The lowest BCUT2D eigenvalue weighted by Crippen LogP contribution is -1.92. The van der Waals surface area contributed by atoms with Gasteiger partial charge in [0.15, 0.2) is 0 Å². The molecule has 1 rings (SSSR count). The van der Waals surface area contributed by atoms with Crippen LogP contribution < -0.4 is 0 Å². The molecule has 0 aliphatic rings. The molecule has 1 unspecified atom stereocenters. The van der Waals surface area contributed by atoms with Gasteiger partial charge in [0, 0.05) is 11.4 Å². The van der Waals surface area contributed by atoms with Crippen LogP contribution in [-0.4, -0.2) is 4.98 Å². The number of thiol groups is 1. The van der Waals surface area contributed by atoms with Gasteiger partial charge >= 0.3 is 0 Å². The van der Waals surface area contributed by atoms with E-state index in [1.165, 1.54) is 12.3 Å². The maximum absolute atomic E-state index is 12.1. The molecule has 1 nitrogen and oxygen atoms in total. The summed E-state index contributed by atoms with van der Waals surface area (Å²) in [7, 11) is 0. The number of hydrogen-bond acceptors (Lipinski definition) is 2. The third-order valence-corrected chi connectivity index (χ3v) is 1.81. The van der Waals surface area contributed by atoms with E-state index in [0.29, 0.717) is 0 Å². The van der Waals surface area contributed by atoms with Crippen molar-refractivity contribution >= 4 is 12.6 Å². The topological polar surface area (TPSA) is 12.9 Å². The molecule has 1 aromatic rings. The van der Waals surface area contributed by atoms with E-state index in [9.17, 15) is 8.78 Å². The van der Waals surface area contributed by atoms with Gasteiger partial charge in [-0.3, -0.25) is 4.98 Å². The van der Waals surface area contributed by atoms with Crippen LogP contribution in [0.2, 0.25) is 0 Å². The van der Waals surface area contributed by atoms with E-state index in [1.807, 2.05) is 6.92 Å². The van der Waals surface area contributed by atoms with Gasteiger partial charge in [-0.05, 0) is 24.6 Å². The first kappa shape index (κ1) is 9.45. The molecule has 0 aliphatic carbocycles. The van der Waals surface area contributed by atoms with Crippen molar-refractivity contribution in [3.8, 4) is 0 Å². The van der Waals surface area contributed by atoms with Crippen molar-refractivity contribution in [1.82, 2.24) is 4.98 Å². The summed E-state index contributed by atoms with van der Waals surface area (Å²) >= 11 is 4.13. The van der Waals surface area contributed by atoms with Gasteiger partial charge in [-0.1, -0.05) is 0 Å². The van der Waals surface area contributed by atoms with Gasteiger partial charge in [0.05, 0.1) is 0 Å². The summed E-state index contributed by atoms with van der Waals surface area (Å²) in [5, 5.41) is -0.0366. The third-order valence-electron chi connectivity index (χ3n) is 1.51. The first-order valence-electron chi connectivity index (χ1n) is 3.53. The van der Waals surface area contributed by atoms with Gasteiger partial charge < -0.3 is 0 Å². The predicted molar refractivity (Wildman–Crippen MR) is 46.6 cm³/mol. The quantitative estimate of drug-likeness (QED) is 0.705. The zero-order chi connectivity index (χ0) is 9.14. The summed E-state index contributed by atoms with van der Waals surface area (Å²) < 4.78 is 24.2. The average molecular weight is 189 g/mol. The Kier molecular flexibility index (Phi) is 3.03. The molecular formula is C8H9F2NS. The molecular weight excluding hydrogens is 180 g/mol. The van der Waals surface area contributed by atoms with Crippen LogP contribution in [0.3, 0.4) is 0 Å². The summed E-state index contributed by atoms with van der Waals surface area (Å²) in [5.74, 6) is 0. The van der Waals surface area contributed by atoms with Crippen LogP contribution in [0.25, 0.3) is 0 Å². The largest absolute Gasteiger partial charge is 0.280 e. The lowest BCUT2D eigenvalue weighted by Gasteiger charge is -2.05. The standard InChI is InChI=1S/C8H9F2NS/c1-5(12)6-2-3-11-7(4-6)8(9)10/h2-5,8,12H,1H3. The fourth-order valence-electron chi connectivity index (χ4n) is 0.845. The van der Waals surface area contributed by atoms with Gasteiger partial charge in [-0.25, -0.2) is 8.78 Å². The van der Waals surface area contributed by atoms with Crippen molar-refractivity contribution in [2.24, 2.45) is 0 Å². The van der Waals surface area contributed by atoms with Gasteiger partial charge in [0.1, 0.15) is 5.69 Å². The molecule has 0 amide bonds. The Hall–Kier alpha value is -0.640. The molecule has 0 radical (unpaired) electrons. The van der Waals surface area contributed by atoms with Gasteiger partial charge in [-0.15, -0.1) is 0 Å². The summed E-state index contributed by atoms with van der Waals surface area (Å²) in [5.41, 5.74) is 0.581. The number of halogens is 2. The monoisotopic (exact) mass is 189 g/mol. The second kappa shape index (κ2) is 3.85. The zero-order valence-electron chi connectivity index (χ0n) is 6.54. The number of rotatable bonds is 2. The summed E-state index contributed by atoms with van der Waals surface area (Å²) in [4.78, 5) is 3.54. The summed E-state index contributed by atoms with van der Waals surface area (Å²) in [6, 6.07) is 3.06. The molecule has 0 saturated carbocycles. The van der Waals surface area contributed by atoms with Crippen molar-refractivity contribution in [3.05, 3.63) is 29.6 Å². The minimum atomic E-state index is -2.50. The molecule has 1 aromatic heterocycles. The van der Waals surface area contributed by atoms with Crippen LogP contribution in [0.4, 0.5) is 8.78 Å². The molecule has 1 heterocycles. The van der Waals surface area contributed by atoms with Gasteiger partial charge in [0.25, 0.3) is 6.43 Å². The van der Waals surface area contributed by atoms with E-state index < -0.39 is 6.43 Å². The van der Waals surface area contributed by atoms with Crippen LogP contribution in [0.1, 0.15) is 29.9 Å². The summed E-state index contributed by atoms with van der Waals surface area (Å²) in [6.45, 7) is 1.83. The number of nitrogens with zero attached hydrogens (tertiary/aromatic N) is 1. The van der Waals surface area contributed by atoms with E-state index in [2.05, 4.69) is 17.6 Å². The Morgan fingerprint density at radius 2 is 2.17 bits per heavy atom. The molecule has 0 fully saturated rings. The highest BCUT2D eigenvalue weighted by molar-refractivity contribution is 7.80. The van der Waals surface area contributed by atoms with Crippen molar-refractivity contribution in [2.75, 3.05) is 0 Å². The van der Waals surface area contributed by atoms with E-state index in [-0.39, 0.29) is 10.9 Å². The minimum absolute atomic E-state index is 0.0366. The SMILES string of the molecule is CC(S)c1ccnc(C(F)F)c1. The molecule has 0 spiro atoms. The maximum Gasteiger partial charge on any atom is 0.280 e. The first-order valence-corrected chi connectivity index (χ1v) is 4.05. The Morgan fingerprint density at radius 1 is 1.50 bits per heavy atom. The zero-order valence-corrected chi connectivity index (χ0v) is 7.43. The lowest BCUT2D eigenvalue weighted by atomic mass is 10.2. The molecule has 4 heteroatoms. The van der Waals surface area contributed by atoms with Crippen LogP contribution in [0, 0.1) is 0 Å². The maximum atomic E-state index is 12.1. The fraction of sp³-hybridized carbons (Fsp3) is 0.375. The van der Waals surface area contributed by atoms with Crippen LogP contribution in [0.15, 0.2) is 18.3 Å². The minimum Gasteiger partial charge on any atom is -0.255 e. The predicted octanol–water partition coefficient (Wildman–Crippen LogP) is 3.01. The average Bonchev–Trinajstić information content (AvgIpc) is 2.04. The molecule has 0 aliphatic heterocycles. The van der Waals surface area contributed by atoms with E-state index in [4.69, 9.17) is 0 Å². The van der Waals surface area contributed by atoms with Crippen LogP contribution >= 0.6 is 12.6 Å². The van der Waals surface area contributed by atoms with E-state index in [1.54, 1.807) is 6.07 Å². The molecule has 1 atom stereocenters. The second-order valence-corrected chi connectivity index (χ2v) is 3.27. The van der Waals surface area contributed by atoms with Crippen LogP contribution in [-0.2, 0) is 0 Å². The third kappa shape index (κ3) is 2.17. The normalized spacial score (nSPS) is 13.4.